The lowest BCUT2D eigenvalue weighted by Crippen LogP contribution is -2.20. The zero-order valence-corrected chi connectivity index (χ0v) is 8.65. The first-order valence-electron chi connectivity index (χ1n) is 5.33. The van der Waals surface area contributed by atoms with E-state index < -0.39 is 0 Å². The summed E-state index contributed by atoms with van der Waals surface area (Å²) in [5.41, 5.74) is 12.8. The van der Waals surface area contributed by atoms with Gasteiger partial charge in [0, 0.05) is 5.56 Å². The standard InChI is InChI=1S/C12H16N2O/c13-7-11(8-5-6-8)9-3-1-2-4-10(9)12(14)15/h1-4,8,11H,5-7,13H2,(H2,14,15). The monoisotopic (exact) mass is 204 g/mol. The highest BCUT2D eigenvalue weighted by Gasteiger charge is 2.32. The van der Waals surface area contributed by atoms with Gasteiger partial charge in [0.05, 0.1) is 0 Å². The molecule has 1 unspecified atom stereocenters. The third-order valence-corrected chi connectivity index (χ3v) is 3.07. The number of nitrogens with two attached hydrogens (primary N) is 2. The highest BCUT2D eigenvalue weighted by atomic mass is 16.1. The van der Waals surface area contributed by atoms with Gasteiger partial charge in [-0.1, -0.05) is 18.2 Å². The molecule has 1 saturated carbocycles. The minimum atomic E-state index is -0.357. The van der Waals surface area contributed by atoms with Crippen molar-refractivity contribution in [2.75, 3.05) is 6.54 Å². The molecule has 1 atom stereocenters. The van der Waals surface area contributed by atoms with Crippen LogP contribution in [0.2, 0.25) is 0 Å². The summed E-state index contributed by atoms with van der Waals surface area (Å²) >= 11 is 0. The van der Waals surface area contributed by atoms with Crippen LogP contribution in [0.5, 0.6) is 0 Å². The van der Waals surface area contributed by atoms with Crippen LogP contribution in [0.25, 0.3) is 0 Å². The topological polar surface area (TPSA) is 69.1 Å². The number of benzene rings is 1. The molecule has 0 radical (unpaired) electrons. The Morgan fingerprint density at radius 3 is 2.60 bits per heavy atom. The summed E-state index contributed by atoms with van der Waals surface area (Å²) in [4.78, 5) is 11.3. The first kappa shape index (κ1) is 10.2. The van der Waals surface area contributed by atoms with E-state index in [9.17, 15) is 4.79 Å². The van der Waals surface area contributed by atoms with E-state index in [1.807, 2.05) is 18.2 Å². The minimum Gasteiger partial charge on any atom is -0.366 e. The molecule has 1 aromatic carbocycles. The Kier molecular flexibility index (Phi) is 2.73. The lowest BCUT2D eigenvalue weighted by atomic mass is 9.90. The fraction of sp³-hybridized carbons (Fsp3) is 0.417. The second-order valence-electron chi connectivity index (χ2n) is 4.13. The molecule has 1 aliphatic rings. The fourth-order valence-corrected chi connectivity index (χ4v) is 2.12. The van der Waals surface area contributed by atoms with Gasteiger partial charge in [0.25, 0.3) is 0 Å². The molecule has 0 aliphatic heterocycles. The van der Waals surface area contributed by atoms with Crippen LogP contribution >= 0.6 is 0 Å². The molecule has 1 fully saturated rings. The van der Waals surface area contributed by atoms with Gasteiger partial charge in [-0.25, -0.2) is 0 Å². The first-order valence-corrected chi connectivity index (χ1v) is 5.33. The van der Waals surface area contributed by atoms with E-state index in [1.165, 1.54) is 12.8 Å². The van der Waals surface area contributed by atoms with Gasteiger partial charge >= 0.3 is 0 Å². The van der Waals surface area contributed by atoms with Gasteiger partial charge in [0.2, 0.25) is 5.91 Å². The van der Waals surface area contributed by atoms with E-state index >= 15 is 0 Å². The van der Waals surface area contributed by atoms with Crippen molar-refractivity contribution in [3.8, 4) is 0 Å². The average Bonchev–Trinajstić information content (AvgIpc) is 3.04. The summed E-state index contributed by atoms with van der Waals surface area (Å²) in [5.74, 6) is 0.592. The quantitative estimate of drug-likeness (QED) is 0.774. The van der Waals surface area contributed by atoms with Gasteiger partial charge in [0.1, 0.15) is 0 Å². The largest absolute Gasteiger partial charge is 0.366 e. The molecule has 0 aromatic heterocycles. The third-order valence-electron chi connectivity index (χ3n) is 3.07. The van der Waals surface area contributed by atoms with Crippen molar-refractivity contribution in [2.45, 2.75) is 18.8 Å². The third kappa shape index (κ3) is 2.02. The minimum absolute atomic E-state index is 0.300. The van der Waals surface area contributed by atoms with Crippen molar-refractivity contribution in [3.05, 3.63) is 35.4 Å². The highest BCUT2D eigenvalue weighted by molar-refractivity contribution is 5.94. The van der Waals surface area contributed by atoms with Crippen LogP contribution in [0.4, 0.5) is 0 Å². The van der Waals surface area contributed by atoms with Crippen molar-refractivity contribution in [2.24, 2.45) is 17.4 Å². The second-order valence-corrected chi connectivity index (χ2v) is 4.13. The molecular weight excluding hydrogens is 188 g/mol. The van der Waals surface area contributed by atoms with Gasteiger partial charge in [0.15, 0.2) is 0 Å². The molecule has 80 valence electrons. The Morgan fingerprint density at radius 1 is 1.40 bits per heavy atom. The van der Waals surface area contributed by atoms with Gasteiger partial charge in [-0.15, -0.1) is 0 Å². The normalized spacial score (nSPS) is 17.4. The van der Waals surface area contributed by atoms with Crippen molar-refractivity contribution in [3.63, 3.8) is 0 Å². The van der Waals surface area contributed by atoms with E-state index in [-0.39, 0.29) is 5.91 Å². The summed E-state index contributed by atoms with van der Waals surface area (Å²) in [5, 5.41) is 0. The Balaban J connectivity index is 2.36. The lowest BCUT2D eigenvalue weighted by molar-refractivity contribution is 0.0999. The molecule has 0 spiro atoms. The SMILES string of the molecule is NCC(c1ccccc1C(N)=O)C1CC1. The van der Waals surface area contributed by atoms with E-state index in [2.05, 4.69) is 0 Å². The molecule has 15 heavy (non-hydrogen) atoms. The first-order chi connectivity index (χ1) is 7.24. The van der Waals surface area contributed by atoms with Gasteiger partial charge in [-0.2, -0.15) is 0 Å². The molecule has 2 rings (SSSR count). The second kappa shape index (κ2) is 4.03. The smallest absolute Gasteiger partial charge is 0.248 e. The molecular formula is C12H16N2O. The number of primary amides is 1. The number of amides is 1. The molecule has 0 heterocycles. The highest BCUT2D eigenvalue weighted by Crippen LogP contribution is 2.42. The number of carbonyl (C=O) groups excluding carboxylic acids is 1. The van der Waals surface area contributed by atoms with Crippen molar-refractivity contribution < 1.29 is 4.79 Å². The molecule has 0 saturated heterocycles. The van der Waals surface area contributed by atoms with Crippen LogP contribution in [-0.4, -0.2) is 12.5 Å². The summed E-state index contributed by atoms with van der Waals surface area (Å²) in [7, 11) is 0. The van der Waals surface area contributed by atoms with Gasteiger partial charge in [-0.3, -0.25) is 4.79 Å². The average molecular weight is 204 g/mol. The van der Waals surface area contributed by atoms with E-state index in [0.717, 1.165) is 5.56 Å². The molecule has 1 amide bonds. The maximum atomic E-state index is 11.3. The van der Waals surface area contributed by atoms with Crippen LogP contribution in [0, 0.1) is 5.92 Å². The molecule has 3 heteroatoms. The zero-order valence-electron chi connectivity index (χ0n) is 8.65. The fourth-order valence-electron chi connectivity index (χ4n) is 2.12. The van der Waals surface area contributed by atoms with Crippen LogP contribution in [0.3, 0.4) is 0 Å². The number of rotatable bonds is 4. The van der Waals surface area contributed by atoms with Crippen molar-refractivity contribution in [1.82, 2.24) is 0 Å². The molecule has 3 nitrogen and oxygen atoms in total. The summed E-state index contributed by atoms with van der Waals surface area (Å²) in [6.45, 7) is 0.592. The number of hydrogen-bond acceptors (Lipinski definition) is 2. The van der Waals surface area contributed by atoms with E-state index in [4.69, 9.17) is 11.5 Å². The summed E-state index contributed by atoms with van der Waals surface area (Å²) < 4.78 is 0. The molecule has 1 aromatic rings. The lowest BCUT2D eigenvalue weighted by Gasteiger charge is -2.16. The number of hydrogen-bond donors (Lipinski definition) is 2. The maximum Gasteiger partial charge on any atom is 0.248 e. The predicted molar refractivity (Wildman–Crippen MR) is 59.5 cm³/mol. The predicted octanol–water partition coefficient (Wildman–Crippen LogP) is 1.24. The van der Waals surface area contributed by atoms with Crippen molar-refractivity contribution in [1.29, 1.82) is 0 Å². The van der Waals surface area contributed by atoms with Crippen LogP contribution in [-0.2, 0) is 0 Å². The van der Waals surface area contributed by atoms with Gasteiger partial charge in [-0.05, 0) is 42.9 Å². The molecule has 1 aliphatic carbocycles. The Labute approximate surface area is 89.5 Å². The van der Waals surface area contributed by atoms with Gasteiger partial charge < -0.3 is 11.5 Å². The van der Waals surface area contributed by atoms with Crippen LogP contribution in [0.15, 0.2) is 24.3 Å². The van der Waals surface area contributed by atoms with Crippen molar-refractivity contribution >= 4 is 5.91 Å². The van der Waals surface area contributed by atoms with Crippen LogP contribution in [0.1, 0.15) is 34.7 Å². The Morgan fingerprint density at radius 2 is 2.07 bits per heavy atom. The summed E-state index contributed by atoms with van der Waals surface area (Å²) in [6, 6.07) is 7.52. The molecule has 0 bridgehead atoms. The van der Waals surface area contributed by atoms with Crippen LogP contribution < -0.4 is 11.5 Å². The Bertz CT molecular complexity index is 372. The van der Waals surface area contributed by atoms with E-state index in [0.29, 0.717) is 23.9 Å². The molecule has 4 N–H and O–H groups in total. The van der Waals surface area contributed by atoms with E-state index in [1.54, 1.807) is 6.07 Å². The zero-order chi connectivity index (χ0) is 10.8. The Hall–Kier alpha value is -1.35. The number of carbonyl (C=O) groups is 1. The maximum absolute atomic E-state index is 11.3. The summed E-state index contributed by atoms with van der Waals surface area (Å²) in [6.07, 6.45) is 2.43.